The van der Waals surface area contributed by atoms with Crippen molar-refractivity contribution in [2.45, 2.75) is 44.7 Å². The van der Waals surface area contributed by atoms with Gasteiger partial charge in [0.2, 0.25) is 5.91 Å². The van der Waals surface area contributed by atoms with Gasteiger partial charge >= 0.3 is 0 Å². The van der Waals surface area contributed by atoms with Gasteiger partial charge in [-0.2, -0.15) is 0 Å². The molecule has 4 unspecified atom stereocenters. The third kappa shape index (κ3) is 3.72. The van der Waals surface area contributed by atoms with Crippen molar-refractivity contribution in [1.82, 2.24) is 9.80 Å². The van der Waals surface area contributed by atoms with Gasteiger partial charge in [-0.25, -0.2) is 8.42 Å². The fraction of sp³-hybridized carbons (Fsp3) is 0.938. The summed E-state index contributed by atoms with van der Waals surface area (Å²) in [4.78, 5) is 16.7. The van der Waals surface area contributed by atoms with E-state index in [-0.39, 0.29) is 29.5 Å². The van der Waals surface area contributed by atoms with Crippen LogP contribution in [-0.4, -0.2) is 73.9 Å². The third-order valence-electron chi connectivity index (χ3n) is 5.90. The Morgan fingerprint density at radius 3 is 2.65 bits per heavy atom. The molecule has 6 nitrogen and oxygen atoms in total. The molecular weight excluding hydrogens is 314 g/mol. The summed E-state index contributed by atoms with van der Waals surface area (Å²) in [5, 5.41) is 0. The van der Waals surface area contributed by atoms with Crippen molar-refractivity contribution in [3.05, 3.63) is 0 Å². The van der Waals surface area contributed by atoms with E-state index in [1.165, 1.54) is 12.8 Å². The van der Waals surface area contributed by atoms with Gasteiger partial charge in [0, 0.05) is 31.7 Å². The third-order valence-corrected chi connectivity index (χ3v) is 7.65. The average Bonchev–Trinajstić information content (AvgIpc) is 3.04. The molecule has 0 aromatic carbocycles. The Kier molecular flexibility index (Phi) is 4.99. The van der Waals surface area contributed by atoms with Gasteiger partial charge in [0.1, 0.15) is 0 Å². The van der Waals surface area contributed by atoms with E-state index in [1.807, 2.05) is 6.92 Å². The number of carbonyl (C=O) groups is 1. The predicted octanol–water partition coefficient (Wildman–Crippen LogP) is 0.0812. The Balaban J connectivity index is 1.58. The molecule has 3 fully saturated rings. The van der Waals surface area contributed by atoms with E-state index in [4.69, 9.17) is 5.73 Å². The summed E-state index contributed by atoms with van der Waals surface area (Å²) in [5.74, 6) is 1.57. The lowest BCUT2D eigenvalue weighted by atomic mass is 9.78. The summed E-state index contributed by atoms with van der Waals surface area (Å²) in [7, 11) is -2.96. The lowest BCUT2D eigenvalue weighted by Gasteiger charge is -2.30. The quantitative estimate of drug-likeness (QED) is 0.782. The van der Waals surface area contributed by atoms with E-state index in [9.17, 15) is 13.2 Å². The van der Waals surface area contributed by atoms with Crippen molar-refractivity contribution in [2.75, 3.05) is 37.7 Å². The SMILES string of the molecule is CCN(C(=O)CN1CC2CCCC(N)C2C1)C1CCS(=O)(=O)C1. The molecule has 2 aliphatic heterocycles. The van der Waals surface area contributed by atoms with Crippen molar-refractivity contribution < 1.29 is 13.2 Å². The van der Waals surface area contributed by atoms with Crippen LogP contribution < -0.4 is 5.73 Å². The van der Waals surface area contributed by atoms with Crippen molar-refractivity contribution >= 4 is 15.7 Å². The van der Waals surface area contributed by atoms with Crippen molar-refractivity contribution in [1.29, 1.82) is 0 Å². The smallest absolute Gasteiger partial charge is 0.237 e. The number of hydrogen-bond donors (Lipinski definition) is 1. The predicted molar refractivity (Wildman–Crippen MR) is 89.7 cm³/mol. The van der Waals surface area contributed by atoms with Gasteiger partial charge in [0.25, 0.3) is 0 Å². The van der Waals surface area contributed by atoms with Crippen LogP contribution in [0.3, 0.4) is 0 Å². The van der Waals surface area contributed by atoms with Crippen LogP contribution in [0.1, 0.15) is 32.6 Å². The van der Waals surface area contributed by atoms with E-state index < -0.39 is 9.84 Å². The summed E-state index contributed by atoms with van der Waals surface area (Å²) < 4.78 is 23.3. The van der Waals surface area contributed by atoms with Crippen LogP contribution in [0.4, 0.5) is 0 Å². The van der Waals surface area contributed by atoms with E-state index >= 15 is 0 Å². The van der Waals surface area contributed by atoms with Crippen LogP contribution in [0, 0.1) is 11.8 Å². The standard InChI is InChI=1S/C16H29N3O3S/c1-2-19(13-6-7-23(21,22)11-13)16(20)10-18-8-12-4-3-5-15(17)14(12)9-18/h12-15H,2-11,17H2,1H3. The molecule has 2 saturated heterocycles. The van der Waals surface area contributed by atoms with Gasteiger partial charge < -0.3 is 10.6 Å². The summed E-state index contributed by atoms with van der Waals surface area (Å²) in [6, 6.07) is 0.140. The molecule has 1 amide bonds. The summed E-state index contributed by atoms with van der Waals surface area (Å²) in [5.41, 5.74) is 6.24. The van der Waals surface area contributed by atoms with E-state index in [1.54, 1.807) is 4.90 Å². The maximum atomic E-state index is 12.7. The lowest BCUT2D eigenvalue weighted by Crippen LogP contribution is -2.46. The normalized spacial score (nSPS) is 36.8. The Morgan fingerprint density at radius 1 is 1.26 bits per heavy atom. The van der Waals surface area contributed by atoms with E-state index in [2.05, 4.69) is 4.90 Å². The minimum Gasteiger partial charge on any atom is -0.338 e. The number of amides is 1. The molecule has 0 spiro atoms. The Morgan fingerprint density at radius 2 is 2.04 bits per heavy atom. The largest absolute Gasteiger partial charge is 0.338 e. The Labute approximate surface area is 139 Å². The molecule has 4 atom stereocenters. The molecule has 0 radical (unpaired) electrons. The number of likely N-dealkylation sites (N-methyl/N-ethyl adjacent to an activating group) is 1. The zero-order valence-electron chi connectivity index (χ0n) is 14.0. The van der Waals surface area contributed by atoms with Gasteiger partial charge in [-0.3, -0.25) is 9.69 Å². The fourth-order valence-electron chi connectivity index (χ4n) is 4.68. The van der Waals surface area contributed by atoms with E-state index in [0.29, 0.717) is 31.3 Å². The van der Waals surface area contributed by atoms with Crippen LogP contribution in [0.2, 0.25) is 0 Å². The van der Waals surface area contributed by atoms with Gasteiger partial charge in [-0.1, -0.05) is 6.42 Å². The molecule has 0 bridgehead atoms. The van der Waals surface area contributed by atoms with Crippen LogP contribution in [0.25, 0.3) is 0 Å². The molecule has 3 aliphatic rings. The van der Waals surface area contributed by atoms with Gasteiger partial charge in [-0.05, 0) is 38.0 Å². The number of carbonyl (C=O) groups excluding carboxylic acids is 1. The van der Waals surface area contributed by atoms with Gasteiger partial charge in [-0.15, -0.1) is 0 Å². The minimum atomic E-state index is -2.96. The Hall–Kier alpha value is -0.660. The molecule has 23 heavy (non-hydrogen) atoms. The first kappa shape index (κ1) is 17.2. The number of rotatable bonds is 4. The summed E-state index contributed by atoms with van der Waals surface area (Å²) in [6.07, 6.45) is 4.11. The number of likely N-dealkylation sites (tertiary alicyclic amines) is 1. The molecule has 2 heterocycles. The highest BCUT2D eigenvalue weighted by molar-refractivity contribution is 7.91. The molecule has 0 aromatic rings. The summed E-state index contributed by atoms with van der Waals surface area (Å²) >= 11 is 0. The van der Waals surface area contributed by atoms with Gasteiger partial charge in [0.15, 0.2) is 9.84 Å². The maximum Gasteiger partial charge on any atom is 0.237 e. The topological polar surface area (TPSA) is 83.7 Å². The second-order valence-electron chi connectivity index (χ2n) is 7.45. The van der Waals surface area contributed by atoms with Crippen LogP contribution >= 0.6 is 0 Å². The number of sulfone groups is 1. The van der Waals surface area contributed by atoms with Crippen LogP contribution in [0.15, 0.2) is 0 Å². The number of hydrogen-bond acceptors (Lipinski definition) is 5. The first-order chi connectivity index (χ1) is 10.9. The highest BCUT2D eigenvalue weighted by Gasteiger charge is 2.40. The molecule has 132 valence electrons. The Bertz CT molecular complexity index is 551. The van der Waals surface area contributed by atoms with Crippen molar-refractivity contribution in [3.8, 4) is 0 Å². The van der Waals surface area contributed by atoms with Crippen LogP contribution in [-0.2, 0) is 14.6 Å². The fourth-order valence-corrected chi connectivity index (χ4v) is 6.41. The average molecular weight is 343 g/mol. The zero-order chi connectivity index (χ0) is 16.6. The molecule has 7 heteroatoms. The molecule has 1 saturated carbocycles. The van der Waals surface area contributed by atoms with E-state index in [0.717, 1.165) is 19.5 Å². The first-order valence-corrected chi connectivity index (χ1v) is 10.7. The van der Waals surface area contributed by atoms with Crippen molar-refractivity contribution in [2.24, 2.45) is 17.6 Å². The molecule has 1 aliphatic carbocycles. The second kappa shape index (κ2) is 6.69. The van der Waals surface area contributed by atoms with Crippen molar-refractivity contribution in [3.63, 3.8) is 0 Å². The highest BCUT2D eigenvalue weighted by atomic mass is 32.2. The highest BCUT2D eigenvalue weighted by Crippen LogP contribution is 2.35. The second-order valence-corrected chi connectivity index (χ2v) is 9.68. The zero-order valence-corrected chi connectivity index (χ0v) is 14.8. The lowest BCUT2D eigenvalue weighted by molar-refractivity contribution is -0.133. The molecule has 2 N–H and O–H groups in total. The molecule has 3 rings (SSSR count). The number of nitrogens with zero attached hydrogens (tertiary/aromatic N) is 2. The first-order valence-electron chi connectivity index (χ1n) is 8.87. The summed E-state index contributed by atoms with van der Waals surface area (Å²) in [6.45, 7) is 4.80. The minimum absolute atomic E-state index is 0.0711. The van der Waals surface area contributed by atoms with Gasteiger partial charge in [0.05, 0.1) is 18.1 Å². The monoisotopic (exact) mass is 343 g/mol. The molecular formula is C16H29N3O3S. The maximum absolute atomic E-state index is 12.7. The molecule has 0 aromatic heterocycles. The van der Waals surface area contributed by atoms with Crippen LogP contribution in [0.5, 0.6) is 0 Å². The number of nitrogens with two attached hydrogens (primary N) is 1. The number of fused-ring (bicyclic) bond motifs is 1.